The molecular weight excluding hydrogens is 421 g/mol. The first kappa shape index (κ1) is 22.6. The van der Waals surface area contributed by atoms with Crippen LogP contribution in [0.25, 0.3) is 11.4 Å². The number of halogens is 3. The summed E-state index contributed by atoms with van der Waals surface area (Å²) in [6, 6.07) is -0.0258. The maximum absolute atomic E-state index is 13.5. The maximum Gasteiger partial charge on any atom is 0.420 e. The molecule has 2 aromatic heterocycles. The number of hydrogen-bond acceptors (Lipinski definition) is 6. The summed E-state index contributed by atoms with van der Waals surface area (Å²) in [5.74, 6) is 0.0890. The fourth-order valence-electron chi connectivity index (χ4n) is 3.31. The Kier molecular flexibility index (Phi) is 6.48. The lowest BCUT2D eigenvalue weighted by molar-refractivity contribution is -0.137. The number of piperidine rings is 1. The number of aliphatic hydroxyl groups is 1. The standard InChI is InChI=1S/C18H25F3N6O2S/c1-17(2,28)10-26-9-14(23-11-26)15-13(18(19,20)21)8-22-16(25-15)24-12-4-6-27(7-5-12)30(3)29/h8-9,11-12,28H,4-7,10H2,1-3H3,(H,22,24,25). The minimum absolute atomic E-state index is 0.0258. The number of aromatic nitrogens is 4. The average Bonchev–Trinajstić information content (AvgIpc) is 3.07. The van der Waals surface area contributed by atoms with Crippen LogP contribution >= 0.6 is 0 Å². The van der Waals surface area contributed by atoms with Gasteiger partial charge < -0.3 is 15.0 Å². The van der Waals surface area contributed by atoms with Crippen LogP contribution in [-0.4, -0.2) is 64.1 Å². The van der Waals surface area contributed by atoms with E-state index in [9.17, 15) is 22.5 Å². The highest BCUT2D eigenvalue weighted by Gasteiger charge is 2.36. The van der Waals surface area contributed by atoms with Crippen LogP contribution < -0.4 is 5.32 Å². The Bertz CT molecular complexity index is 904. The van der Waals surface area contributed by atoms with E-state index in [1.165, 1.54) is 17.1 Å². The monoisotopic (exact) mass is 446 g/mol. The van der Waals surface area contributed by atoms with Crippen LogP contribution in [0.2, 0.25) is 0 Å². The molecule has 30 heavy (non-hydrogen) atoms. The van der Waals surface area contributed by atoms with E-state index in [-0.39, 0.29) is 29.9 Å². The zero-order valence-corrected chi connectivity index (χ0v) is 17.8. The smallest absolute Gasteiger partial charge is 0.389 e. The third kappa shape index (κ3) is 5.76. The van der Waals surface area contributed by atoms with Gasteiger partial charge in [-0.15, -0.1) is 0 Å². The lowest BCUT2D eigenvalue weighted by Gasteiger charge is -2.30. The quantitative estimate of drug-likeness (QED) is 0.707. The number of nitrogens with zero attached hydrogens (tertiary/aromatic N) is 5. The van der Waals surface area contributed by atoms with Gasteiger partial charge in [0.25, 0.3) is 0 Å². The predicted octanol–water partition coefficient (Wildman–Crippen LogP) is 2.30. The second kappa shape index (κ2) is 8.60. The predicted molar refractivity (Wildman–Crippen MR) is 107 cm³/mol. The van der Waals surface area contributed by atoms with Crippen LogP contribution in [0.4, 0.5) is 19.1 Å². The Hall–Kier alpha value is -2.05. The third-order valence-electron chi connectivity index (χ3n) is 4.69. The number of imidazole rings is 1. The molecule has 1 aliphatic heterocycles. The second-order valence-corrected chi connectivity index (χ2v) is 9.33. The van der Waals surface area contributed by atoms with E-state index in [0.717, 1.165) is 6.20 Å². The molecule has 3 heterocycles. The van der Waals surface area contributed by atoms with Crippen LogP contribution in [0, 0.1) is 0 Å². The zero-order valence-electron chi connectivity index (χ0n) is 17.0. The number of nitrogens with one attached hydrogen (secondary N) is 1. The number of rotatable bonds is 6. The van der Waals surface area contributed by atoms with Crippen LogP contribution in [0.1, 0.15) is 32.3 Å². The summed E-state index contributed by atoms with van der Waals surface area (Å²) >= 11 is 0. The molecule has 0 aliphatic carbocycles. The molecule has 12 heteroatoms. The summed E-state index contributed by atoms with van der Waals surface area (Å²) < 4.78 is 55.4. The van der Waals surface area contributed by atoms with Gasteiger partial charge in [0.15, 0.2) is 0 Å². The molecule has 2 aromatic rings. The molecule has 1 unspecified atom stereocenters. The van der Waals surface area contributed by atoms with Crippen molar-refractivity contribution in [3.8, 4) is 11.4 Å². The Labute approximate surface area is 175 Å². The summed E-state index contributed by atoms with van der Waals surface area (Å²) in [6.07, 6.45) is 1.90. The summed E-state index contributed by atoms with van der Waals surface area (Å²) in [6.45, 7) is 4.61. The number of hydrogen-bond donors (Lipinski definition) is 2. The van der Waals surface area contributed by atoms with Crippen LogP contribution in [0.5, 0.6) is 0 Å². The SMILES string of the molecule is CS(=O)N1CCC(Nc2ncc(C(F)(F)F)c(-c3cn(CC(C)(C)O)cn3)n2)CC1. The minimum Gasteiger partial charge on any atom is -0.389 e. The van der Waals surface area contributed by atoms with Crippen molar-refractivity contribution >= 4 is 16.9 Å². The lowest BCUT2D eigenvalue weighted by Crippen LogP contribution is -2.39. The van der Waals surface area contributed by atoms with Crippen molar-refractivity contribution in [2.45, 2.75) is 51.1 Å². The topological polar surface area (TPSA) is 96.2 Å². The Balaban J connectivity index is 1.84. The molecule has 8 nitrogen and oxygen atoms in total. The highest BCUT2D eigenvalue weighted by molar-refractivity contribution is 7.81. The van der Waals surface area contributed by atoms with Gasteiger partial charge in [-0.3, -0.25) is 0 Å². The van der Waals surface area contributed by atoms with E-state index in [4.69, 9.17) is 0 Å². The highest BCUT2D eigenvalue weighted by Crippen LogP contribution is 2.35. The van der Waals surface area contributed by atoms with Crippen LogP contribution in [0.15, 0.2) is 18.7 Å². The number of anilines is 1. The maximum atomic E-state index is 13.5. The molecule has 0 spiro atoms. The lowest BCUT2D eigenvalue weighted by atomic mass is 10.1. The van der Waals surface area contributed by atoms with Crippen LogP contribution in [-0.2, 0) is 23.7 Å². The van der Waals surface area contributed by atoms with Gasteiger partial charge >= 0.3 is 6.18 Å². The van der Waals surface area contributed by atoms with Crippen molar-refractivity contribution in [1.82, 2.24) is 23.8 Å². The average molecular weight is 446 g/mol. The fraction of sp³-hybridized carbons (Fsp3) is 0.611. The van der Waals surface area contributed by atoms with E-state index in [1.807, 2.05) is 4.31 Å². The molecule has 0 aromatic carbocycles. The van der Waals surface area contributed by atoms with Crippen LogP contribution in [0.3, 0.4) is 0 Å². The fourth-order valence-corrected chi connectivity index (χ4v) is 4.03. The highest BCUT2D eigenvalue weighted by atomic mass is 32.2. The van der Waals surface area contributed by atoms with Gasteiger partial charge in [0.2, 0.25) is 5.95 Å². The van der Waals surface area contributed by atoms with Crippen molar-refractivity contribution in [2.75, 3.05) is 24.7 Å². The van der Waals surface area contributed by atoms with Crippen molar-refractivity contribution in [2.24, 2.45) is 0 Å². The molecule has 1 aliphatic rings. The van der Waals surface area contributed by atoms with Gasteiger partial charge in [0.1, 0.15) is 17.0 Å². The molecule has 1 fully saturated rings. The van der Waals surface area contributed by atoms with Gasteiger partial charge in [0, 0.05) is 37.8 Å². The van der Waals surface area contributed by atoms with E-state index in [0.29, 0.717) is 25.9 Å². The summed E-state index contributed by atoms with van der Waals surface area (Å²) in [5.41, 5.74) is -2.28. The molecule has 2 N–H and O–H groups in total. The van der Waals surface area contributed by atoms with Gasteiger partial charge in [0.05, 0.1) is 29.5 Å². The Morgan fingerprint density at radius 3 is 2.50 bits per heavy atom. The molecule has 0 bridgehead atoms. The van der Waals surface area contributed by atoms with Gasteiger partial charge in [-0.1, -0.05) is 0 Å². The minimum atomic E-state index is -4.63. The molecular formula is C18H25F3N6O2S. The molecule has 166 valence electrons. The van der Waals surface area contributed by atoms with E-state index >= 15 is 0 Å². The van der Waals surface area contributed by atoms with Gasteiger partial charge in [-0.25, -0.2) is 23.5 Å². The van der Waals surface area contributed by atoms with Crippen molar-refractivity contribution in [3.63, 3.8) is 0 Å². The molecule has 3 rings (SSSR count). The summed E-state index contributed by atoms with van der Waals surface area (Å²) in [4.78, 5) is 12.0. The number of alkyl halides is 3. The summed E-state index contributed by atoms with van der Waals surface area (Å²) in [7, 11) is -1.04. The van der Waals surface area contributed by atoms with Crippen molar-refractivity contribution in [3.05, 3.63) is 24.3 Å². The zero-order chi connectivity index (χ0) is 22.1. The Morgan fingerprint density at radius 1 is 1.27 bits per heavy atom. The molecule has 0 radical (unpaired) electrons. The first-order chi connectivity index (χ1) is 13.9. The van der Waals surface area contributed by atoms with Gasteiger partial charge in [-0.2, -0.15) is 13.2 Å². The van der Waals surface area contributed by atoms with Crippen molar-refractivity contribution in [1.29, 1.82) is 0 Å². The van der Waals surface area contributed by atoms with E-state index < -0.39 is 28.3 Å². The molecule has 1 saturated heterocycles. The molecule has 1 atom stereocenters. The third-order valence-corrected chi connectivity index (χ3v) is 5.78. The molecule has 0 saturated carbocycles. The normalized spacial score (nSPS) is 17.8. The molecule has 0 amide bonds. The first-order valence-corrected chi connectivity index (χ1v) is 11.0. The van der Waals surface area contributed by atoms with E-state index in [2.05, 4.69) is 20.3 Å². The van der Waals surface area contributed by atoms with Crippen molar-refractivity contribution < 1.29 is 22.5 Å². The van der Waals surface area contributed by atoms with Gasteiger partial charge in [-0.05, 0) is 26.7 Å². The Morgan fingerprint density at radius 2 is 1.93 bits per heavy atom. The van der Waals surface area contributed by atoms with E-state index in [1.54, 1.807) is 20.1 Å². The largest absolute Gasteiger partial charge is 0.420 e. The first-order valence-electron chi connectivity index (χ1n) is 9.46. The second-order valence-electron chi connectivity index (χ2n) is 7.97. The summed E-state index contributed by atoms with van der Waals surface area (Å²) in [5, 5.41) is 13.0.